The standard InChI is InChI=1S/C11H11NS2/c12-5-7-13-10-3-4-11-9(8-10)2-1-6-14-11/h3-4,8H,1-2,6-7H2. The van der Waals surface area contributed by atoms with Crippen molar-refractivity contribution in [1.82, 2.24) is 0 Å². The first-order chi connectivity index (χ1) is 6.90. The minimum atomic E-state index is 0.548. The van der Waals surface area contributed by atoms with Gasteiger partial charge >= 0.3 is 0 Å². The van der Waals surface area contributed by atoms with Crippen LogP contribution in [0.25, 0.3) is 0 Å². The predicted octanol–water partition coefficient (Wildman–Crippen LogP) is 3.34. The SMILES string of the molecule is N#CCSc1ccc2c(c1)CCCS2. The van der Waals surface area contributed by atoms with Crippen molar-refractivity contribution in [3.8, 4) is 6.07 Å². The molecule has 0 atom stereocenters. The number of nitrogens with zero attached hydrogens (tertiary/aromatic N) is 1. The number of thioether (sulfide) groups is 2. The van der Waals surface area contributed by atoms with E-state index in [0.29, 0.717) is 5.75 Å². The third kappa shape index (κ3) is 2.26. The molecule has 1 aromatic carbocycles. The Morgan fingerprint density at radius 3 is 3.29 bits per heavy atom. The molecule has 1 aromatic rings. The molecule has 0 aliphatic carbocycles. The lowest BCUT2D eigenvalue weighted by Crippen LogP contribution is -1.97. The molecular formula is C11H11NS2. The lowest BCUT2D eigenvalue weighted by molar-refractivity contribution is 0.884. The predicted molar refractivity (Wildman–Crippen MR) is 61.8 cm³/mol. The summed E-state index contributed by atoms with van der Waals surface area (Å²) in [4.78, 5) is 2.66. The van der Waals surface area contributed by atoms with E-state index in [1.54, 1.807) is 11.8 Å². The van der Waals surface area contributed by atoms with Crippen LogP contribution in [0.1, 0.15) is 12.0 Å². The second-order valence-electron chi connectivity index (χ2n) is 3.17. The monoisotopic (exact) mass is 221 g/mol. The maximum Gasteiger partial charge on any atom is 0.0855 e. The van der Waals surface area contributed by atoms with E-state index in [1.807, 2.05) is 11.8 Å². The summed E-state index contributed by atoms with van der Waals surface area (Å²) in [7, 11) is 0. The Bertz CT molecular complexity index is 368. The van der Waals surface area contributed by atoms with Crippen molar-refractivity contribution >= 4 is 23.5 Å². The lowest BCUT2D eigenvalue weighted by Gasteiger charge is -2.15. The molecule has 0 saturated heterocycles. The van der Waals surface area contributed by atoms with Crippen LogP contribution in [0, 0.1) is 11.3 Å². The molecule has 0 N–H and O–H groups in total. The minimum Gasteiger partial charge on any atom is -0.197 e. The van der Waals surface area contributed by atoms with Gasteiger partial charge in [-0.25, -0.2) is 0 Å². The van der Waals surface area contributed by atoms with Gasteiger partial charge in [0.1, 0.15) is 0 Å². The van der Waals surface area contributed by atoms with Gasteiger partial charge in [-0.15, -0.1) is 23.5 Å². The second-order valence-corrected chi connectivity index (χ2v) is 5.35. The summed E-state index contributed by atoms with van der Waals surface area (Å²) in [5.41, 5.74) is 1.46. The molecule has 0 amide bonds. The number of aryl methyl sites for hydroxylation is 1. The van der Waals surface area contributed by atoms with Gasteiger partial charge in [-0.3, -0.25) is 0 Å². The van der Waals surface area contributed by atoms with Gasteiger partial charge in [-0.2, -0.15) is 5.26 Å². The van der Waals surface area contributed by atoms with Crippen LogP contribution in [0.15, 0.2) is 28.0 Å². The molecule has 0 bridgehead atoms. The van der Waals surface area contributed by atoms with Gasteiger partial charge in [0.25, 0.3) is 0 Å². The number of hydrogen-bond acceptors (Lipinski definition) is 3. The summed E-state index contributed by atoms with van der Waals surface area (Å²) in [6, 6.07) is 8.71. The van der Waals surface area contributed by atoms with Crippen molar-refractivity contribution in [2.24, 2.45) is 0 Å². The van der Waals surface area contributed by atoms with Crippen LogP contribution in [0.2, 0.25) is 0 Å². The smallest absolute Gasteiger partial charge is 0.0855 e. The van der Waals surface area contributed by atoms with Gasteiger partial charge in [-0.1, -0.05) is 0 Å². The molecule has 1 nitrogen and oxygen atoms in total. The van der Waals surface area contributed by atoms with Gasteiger partial charge in [0.15, 0.2) is 0 Å². The Hall–Kier alpha value is -0.590. The highest BCUT2D eigenvalue weighted by molar-refractivity contribution is 7.99. The van der Waals surface area contributed by atoms with E-state index in [9.17, 15) is 0 Å². The third-order valence-electron chi connectivity index (χ3n) is 2.18. The van der Waals surface area contributed by atoms with Crippen molar-refractivity contribution in [1.29, 1.82) is 5.26 Å². The van der Waals surface area contributed by atoms with Crippen molar-refractivity contribution < 1.29 is 0 Å². The molecule has 2 rings (SSSR count). The molecule has 72 valence electrons. The zero-order chi connectivity index (χ0) is 9.80. The molecule has 1 aliphatic rings. The van der Waals surface area contributed by atoms with Gasteiger partial charge in [0.05, 0.1) is 11.8 Å². The highest BCUT2D eigenvalue weighted by atomic mass is 32.2. The molecule has 0 fully saturated rings. The Morgan fingerprint density at radius 2 is 2.43 bits per heavy atom. The zero-order valence-electron chi connectivity index (χ0n) is 7.82. The maximum atomic E-state index is 8.49. The Morgan fingerprint density at radius 1 is 1.50 bits per heavy atom. The zero-order valence-corrected chi connectivity index (χ0v) is 9.46. The molecule has 1 aliphatic heterocycles. The number of fused-ring (bicyclic) bond motifs is 1. The van der Waals surface area contributed by atoms with Crippen LogP contribution >= 0.6 is 23.5 Å². The largest absolute Gasteiger partial charge is 0.197 e. The second kappa shape index (κ2) is 4.77. The Balaban J connectivity index is 2.17. The van der Waals surface area contributed by atoms with Gasteiger partial charge in [0, 0.05) is 9.79 Å². The molecule has 0 spiro atoms. The highest BCUT2D eigenvalue weighted by Crippen LogP contribution is 2.32. The molecule has 0 radical (unpaired) electrons. The number of benzene rings is 1. The van der Waals surface area contributed by atoms with Crippen LogP contribution in [-0.4, -0.2) is 11.5 Å². The quantitative estimate of drug-likeness (QED) is 0.716. The van der Waals surface area contributed by atoms with Gasteiger partial charge in [-0.05, 0) is 42.4 Å². The maximum absolute atomic E-state index is 8.49. The summed E-state index contributed by atoms with van der Waals surface area (Å²) < 4.78 is 0. The first-order valence-corrected chi connectivity index (χ1v) is 6.63. The molecule has 0 unspecified atom stereocenters. The summed E-state index contributed by atoms with van der Waals surface area (Å²) in [5, 5.41) is 8.49. The normalized spacial score (nSPS) is 14.5. The highest BCUT2D eigenvalue weighted by Gasteiger charge is 2.09. The van der Waals surface area contributed by atoms with Gasteiger partial charge < -0.3 is 0 Å². The number of nitriles is 1. The fourth-order valence-corrected chi connectivity index (χ4v) is 3.18. The van der Waals surface area contributed by atoms with E-state index in [1.165, 1.54) is 33.9 Å². The number of hydrogen-bond donors (Lipinski definition) is 0. The van der Waals surface area contributed by atoms with Crippen molar-refractivity contribution in [2.45, 2.75) is 22.6 Å². The molecule has 0 aromatic heterocycles. The van der Waals surface area contributed by atoms with E-state index < -0.39 is 0 Å². The number of rotatable bonds is 2. The topological polar surface area (TPSA) is 23.8 Å². The third-order valence-corrected chi connectivity index (χ3v) is 4.25. The Kier molecular flexibility index (Phi) is 3.39. The van der Waals surface area contributed by atoms with Crippen molar-refractivity contribution in [3.05, 3.63) is 23.8 Å². The average Bonchev–Trinajstić information content (AvgIpc) is 2.26. The molecule has 1 heterocycles. The summed E-state index contributed by atoms with van der Waals surface area (Å²) in [6.45, 7) is 0. The summed E-state index contributed by atoms with van der Waals surface area (Å²) in [6.07, 6.45) is 2.48. The van der Waals surface area contributed by atoms with E-state index in [-0.39, 0.29) is 0 Å². The minimum absolute atomic E-state index is 0.548. The molecule has 0 saturated carbocycles. The average molecular weight is 221 g/mol. The lowest BCUT2D eigenvalue weighted by atomic mass is 10.1. The van der Waals surface area contributed by atoms with E-state index in [2.05, 4.69) is 24.3 Å². The van der Waals surface area contributed by atoms with E-state index >= 15 is 0 Å². The van der Waals surface area contributed by atoms with Gasteiger partial charge in [0.2, 0.25) is 0 Å². The fourth-order valence-electron chi connectivity index (χ4n) is 1.54. The summed E-state index contributed by atoms with van der Waals surface area (Å²) >= 11 is 3.57. The Labute approximate surface area is 92.9 Å². The van der Waals surface area contributed by atoms with Crippen LogP contribution in [-0.2, 0) is 6.42 Å². The van der Waals surface area contributed by atoms with E-state index in [4.69, 9.17) is 5.26 Å². The first-order valence-electron chi connectivity index (χ1n) is 4.65. The van der Waals surface area contributed by atoms with Crippen molar-refractivity contribution in [3.63, 3.8) is 0 Å². The summed E-state index contributed by atoms with van der Waals surface area (Å²) in [5.74, 6) is 1.80. The van der Waals surface area contributed by atoms with E-state index in [0.717, 1.165) is 0 Å². The molecule has 14 heavy (non-hydrogen) atoms. The van der Waals surface area contributed by atoms with Crippen LogP contribution in [0.4, 0.5) is 0 Å². The molecular weight excluding hydrogens is 210 g/mol. The molecule has 3 heteroatoms. The van der Waals surface area contributed by atoms with Crippen LogP contribution in [0.5, 0.6) is 0 Å². The first kappa shape index (κ1) is 9.95. The van der Waals surface area contributed by atoms with Crippen LogP contribution < -0.4 is 0 Å². The van der Waals surface area contributed by atoms with Crippen LogP contribution in [0.3, 0.4) is 0 Å². The van der Waals surface area contributed by atoms with Crippen molar-refractivity contribution in [2.75, 3.05) is 11.5 Å². The fraction of sp³-hybridized carbons (Fsp3) is 0.364.